The molecule has 0 atom stereocenters. The summed E-state index contributed by atoms with van der Waals surface area (Å²) in [6, 6.07) is 8.45. The Morgan fingerprint density at radius 1 is 1.35 bits per heavy atom. The molecule has 1 aromatic heterocycles. The minimum Gasteiger partial charge on any atom is -0.496 e. The molecule has 1 N–H and O–H groups in total. The fourth-order valence-corrected chi connectivity index (χ4v) is 1.83. The highest BCUT2D eigenvalue weighted by Gasteiger charge is 2.11. The number of rotatable bonds is 3. The molecule has 17 heavy (non-hydrogen) atoms. The molecule has 0 unspecified atom stereocenters. The molecule has 0 radical (unpaired) electrons. The number of ether oxygens (including phenoxy) is 1. The Morgan fingerprint density at radius 2 is 2.12 bits per heavy atom. The van der Waals surface area contributed by atoms with Gasteiger partial charge in [-0.25, -0.2) is 4.79 Å². The molecule has 0 bridgehead atoms. The van der Waals surface area contributed by atoms with Crippen molar-refractivity contribution in [2.45, 2.75) is 0 Å². The van der Waals surface area contributed by atoms with Gasteiger partial charge in [-0.3, -0.25) is 0 Å². The van der Waals surface area contributed by atoms with Gasteiger partial charge in [0.15, 0.2) is 0 Å². The maximum Gasteiger partial charge on any atom is 0.371 e. The van der Waals surface area contributed by atoms with Crippen molar-refractivity contribution in [2.75, 3.05) is 7.11 Å². The van der Waals surface area contributed by atoms with Crippen LogP contribution in [-0.2, 0) is 0 Å². The third-order valence-electron chi connectivity index (χ3n) is 2.25. The van der Waals surface area contributed by atoms with Crippen LogP contribution in [0.1, 0.15) is 10.6 Å². The van der Waals surface area contributed by atoms with Crippen molar-refractivity contribution in [1.82, 2.24) is 0 Å². The highest BCUT2D eigenvalue weighted by molar-refractivity contribution is 9.10. The smallest absolute Gasteiger partial charge is 0.371 e. The van der Waals surface area contributed by atoms with E-state index in [1.165, 1.54) is 6.07 Å². The summed E-state index contributed by atoms with van der Waals surface area (Å²) in [5, 5.41) is 8.76. The monoisotopic (exact) mass is 296 g/mol. The van der Waals surface area contributed by atoms with Gasteiger partial charge in [0, 0.05) is 5.56 Å². The van der Waals surface area contributed by atoms with Crippen molar-refractivity contribution in [2.24, 2.45) is 0 Å². The number of carboxylic acid groups (broad SMARTS) is 1. The van der Waals surface area contributed by atoms with E-state index >= 15 is 0 Å². The van der Waals surface area contributed by atoms with Gasteiger partial charge in [-0.1, -0.05) is 0 Å². The van der Waals surface area contributed by atoms with Gasteiger partial charge in [-0.2, -0.15) is 0 Å². The first kappa shape index (κ1) is 11.7. The van der Waals surface area contributed by atoms with Gasteiger partial charge in [0.1, 0.15) is 11.5 Å². The van der Waals surface area contributed by atoms with Crippen LogP contribution >= 0.6 is 15.9 Å². The predicted molar refractivity (Wildman–Crippen MR) is 65.4 cm³/mol. The molecule has 0 saturated carbocycles. The van der Waals surface area contributed by atoms with Gasteiger partial charge in [0.2, 0.25) is 5.76 Å². The summed E-state index contributed by atoms with van der Waals surface area (Å²) in [6.07, 6.45) is 0. The second-order valence-corrected chi connectivity index (χ2v) is 4.17. The van der Waals surface area contributed by atoms with E-state index in [0.29, 0.717) is 11.5 Å². The number of aromatic carboxylic acids is 1. The lowest BCUT2D eigenvalue weighted by Crippen LogP contribution is -1.91. The molecule has 2 aromatic rings. The Hall–Kier alpha value is -1.75. The Kier molecular flexibility index (Phi) is 3.19. The summed E-state index contributed by atoms with van der Waals surface area (Å²) in [6.45, 7) is 0. The quantitative estimate of drug-likeness (QED) is 0.943. The van der Waals surface area contributed by atoms with Crippen LogP contribution in [0.15, 0.2) is 39.2 Å². The van der Waals surface area contributed by atoms with Gasteiger partial charge >= 0.3 is 5.97 Å². The number of carboxylic acids is 1. The summed E-state index contributed by atoms with van der Waals surface area (Å²) in [4.78, 5) is 10.7. The lowest BCUT2D eigenvalue weighted by Gasteiger charge is -2.04. The van der Waals surface area contributed by atoms with E-state index in [4.69, 9.17) is 14.3 Å². The zero-order valence-electron chi connectivity index (χ0n) is 8.94. The molecular formula is C12H9BrO4. The minimum absolute atomic E-state index is 0.0816. The van der Waals surface area contributed by atoms with Crippen LogP contribution in [0, 0.1) is 0 Å². The molecule has 1 aromatic carbocycles. The standard InChI is InChI=1S/C12H9BrO4/c1-16-11-6-7(2-3-8(11)13)9-4-5-10(17-9)12(14)15/h2-6H,1H3,(H,14,15). The molecule has 0 saturated heterocycles. The van der Waals surface area contributed by atoms with Crippen LogP contribution in [0.3, 0.4) is 0 Å². The third-order valence-corrected chi connectivity index (χ3v) is 2.91. The van der Waals surface area contributed by atoms with E-state index in [9.17, 15) is 4.79 Å². The van der Waals surface area contributed by atoms with Crippen molar-refractivity contribution in [3.63, 3.8) is 0 Å². The zero-order chi connectivity index (χ0) is 12.4. The SMILES string of the molecule is COc1cc(-c2ccc(C(=O)O)o2)ccc1Br. The number of hydrogen-bond donors (Lipinski definition) is 1. The minimum atomic E-state index is -1.08. The van der Waals surface area contributed by atoms with E-state index in [1.54, 1.807) is 19.2 Å². The molecule has 0 spiro atoms. The number of benzene rings is 1. The largest absolute Gasteiger partial charge is 0.496 e. The maximum absolute atomic E-state index is 10.7. The van der Waals surface area contributed by atoms with Crippen molar-refractivity contribution >= 4 is 21.9 Å². The average molecular weight is 297 g/mol. The second-order valence-electron chi connectivity index (χ2n) is 3.32. The summed E-state index contributed by atoms with van der Waals surface area (Å²) in [5.41, 5.74) is 0.762. The van der Waals surface area contributed by atoms with E-state index < -0.39 is 5.97 Å². The molecule has 0 aliphatic rings. The fraction of sp³-hybridized carbons (Fsp3) is 0.0833. The summed E-state index contributed by atoms with van der Waals surface area (Å²) in [5.74, 6) is -0.00816. The lowest BCUT2D eigenvalue weighted by atomic mass is 10.1. The highest BCUT2D eigenvalue weighted by atomic mass is 79.9. The molecule has 0 aliphatic carbocycles. The Balaban J connectivity index is 2.42. The normalized spacial score (nSPS) is 10.2. The molecule has 0 amide bonds. The topological polar surface area (TPSA) is 59.7 Å². The number of furan rings is 1. The molecule has 4 nitrogen and oxygen atoms in total. The van der Waals surface area contributed by atoms with Gasteiger partial charge in [0.05, 0.1) is 11.6 Å². The zero-order valence-corrected chi connectivity index (χ0v) is 10.5. The Bertz CT molecular complexity index is 559. The van der Waals surface area contributed by atoms with Crippen molar-refractivity contribution < 1.29 is 19.1 Å². The van der Waals surface area contributed by atoms with Gasteiger partial charge in [0.25, 0.3) is 0 Å². The third kappa shape index (κ3) is 2.34. The molecule has 88 valence electrons. The first-order chi connectivity index (χ1) is 8.11. The van der Waals surface area contributed by atoms with Crippen LogP contribution < -0.4 is 4.74 Å². The molecule has 5 heteroatoms. The van der Waals surface area contributed by atoms with E-state index in [-0.39, 0.29) is 5.76 Å². The lowest BCUT2D eigenvalue weighted by molar-refractivity contribution is 0.0663. The summed E-state index contributed by atoms with van der Waals surface area (Å²) in [7, 11) is 1.56. The molecule has 0 aliphatic heterocycles. The van der Waals surface area contributed by atoms with Crippen molar-refractivity contribution in [3.05, 3.63) is 40.6 Å². The van der Waals surface area contributed by atoms with Crippen molar-refractivity contribution in [1.29, 1.82) is 0 Å². The van der Waals surface area contributed by atoms with E-state index in [1.807, 2.05) is 12.1 Å². The fourth-order valence-electron chi connectivity index (χ4n) is 1.42. The summed E-state index contributed by atoms with van der Waals surface area (Å²) < 4.78 is 11.2. The van der Waals surface area contributed by atoms with Crippen LogP contribution in [-0.4, -0.2) is 18.2 Å². The highest BCUT2D eigenvalue weighted by Crippen LogP contribution is 2.31. The number of halogens is 1. The first-order valence-electron chi connectivity index (χ1n) is 4.79. The van der Waals surface area contributed by atoms with E-state index in [2.05, 4.69) is 15.9 Å². The average Bonchev–Trinajstić information content (AvgIpc) is 2.79. The molecule has 2 rings (SSSR count). The van der Waals surface area contributed by atoms with Gasteiger partial charge < -0.3 is 14.3 Å². The first-order valence-corrected chi connectivity index (χ1v) is 5.58. The number of hydrogen-bond acceptors (Lipinski definition) is 3. The van der Waals surface area contributed by atoms with Crippen LogP contribution in [0.4, 0.5) is 0 Å². The van der Waals surface area contributed by atoms with E-state index in [0.717, 1.165) is 10.0 Å². The van der Waals surface area contributed by atoms with Crippen LogP contribution in [0.2, 0.25) is 0 Å². The maximum atomic E-state index is 10.7. The molecule has 1 heterocycles. The van der Waals surface area contributed by atoms with Crippen LogP contribution in [0.25, 0.3) is 11.3 Å². The number of carbonyl (C=O) groups is 1. The van der Waals surface area contributed by atoms with Gasteiger partial charge in [-0.15, -0.1) is 0 Å². The predicted octanol–water partition coefficient (Wildman–Crippen LogP) is 3.42. The Labute approximate surface area is 106 Å². The molecule has 0 fully saturated rings. The summed E-state index contributed by atoms with van der Waals surface area (Å²) >= 11 is 3.34. The Morgan fingerprint density at radius 3 is 2.71 bits per heavy atom. The van der Waals surface area contributed by atoms with Gasteiger partial charge in [-0.05, 0) is 46.3 Å². The molecular weight excluding hydrogens is 288 g/mol. The number of methoxy groups -OCH3 is 1. The van der Waals surface area contributed by atoms with Crippen LogP contribution in [0.5, 0.6) is 5.75 Å². The second kappa shape index (κ2) is 4.63. The van der Waals surface area contributed by atoms with Crippen molar-refractivity contribution in [3.8, 4) is 17.1 Å².